The number of hydrogen-bond donors (Lipinski definition) is 0. The van der Waals surface area contributed by atoms with Crippen LogP contribution >= 0.6 is 0 Å². The van der Waals surface area contributed by atoms with Crippen LogP contribution in [0.25, 0.3) is 6.08 Å². The number of allylic oxidation sites excluding steroid dienone is 1. The molecule has 0 N–H and O–H groups in total. The van der Waals surface area contributed by atoms with Crippen LogP contribution in [-0.4, -0.2) is 50.9 Å². The van der Waals surface area contributed by atoms with Crippen molar-refractivity contribution in [2.45, 2.75) is 46.1 Å². The van der Waals surface area contributed by atoms with E-state index in [1.807, 2.05) is 42.5 Å². The Morgan fingerprint density at radius 1 is 1.00 bits per heavy atom. The maximum atomic E-state index is 11.0. The van der Waals surface area contributed by atoms with E-state index in [0.29, 0.717) is 43.0 Å². The van der Waals surface area contributed by atoms with Crippen molar-refractivity contribution in [3.8, 4) is 0 Å². The Bertz CT molecular complexity index is 865. The molecule has 1 unspecified atom stereocenters. The van der Waals surface area contributed by atoms with Gasteiger partial charge in [-0.3, -0.25) is 0 Å². The van der Waals surface area contributed by atoms with Crippen LogP contribution in [0.2, 0.25) is 0 Å². The van der Waals surface area contributed by atoms with Crippen LogP contribution in [0.3, 0.4) is 0 Å². The van der Waals surface area contributed by atoms with Crippen LogP contribution in [0.4, 0.5) is 0 Å². The maximum absolute atomic E-state index is 11.0. The SMILES string of the molecule is C=C(C)C(=O)OCC1CO1.C=C(C)C(=O)OCCCC.C=C(CC=Cc1ccccc1)C(=O)OC. The Morgan fingerprint density at radius 3 is 2.06 bits per heavy atom. The molecule has 1 saturated heterocycles. The molecule has 0 bridgehead atoms. The van der Waals surface area contributed by atoms with E-state index in [1.165, 1.54) is 7.11 Å². The first-order chi connectivity index (χ1) is 16.6. The lowest BCUT2D eigenvalue weighted by atomic mass is 10.1. The van der Waals surface area contributed by atoms with Gasteiger partial charge in [-0.05, 0) is 32.3 Å². The van der Waals surface area contributed by atoms with E-state index in [1.54, 1.807) is 13.8 Å². The van der Waals surface area contributed by atoms with Crippen LogP contribution in [0.15, 0.2) is 72.9 Å². The minimum Gasteiger partial charge on any atom is -0.466 e. The standard InChI is InChI=1S/C13H14O2.C8H14O2.C7H10O3/c1-11(13(14)15-2)7-6-10-12-8-4-3-5-9-12;1-4-5-6-10-8(9)7(2)3;1-5(2)7(8)10-4-6-3-9-6/h3-6,8-10H,1,7H2,2H3;2,4-6H2,1,3H3;6H,1,3-4H2,2H3. The van der Waals surface area contributed by atoms with Gasteiger partial charge in [0.2, 0.25) is 0 Å². The molecule has 192 valence electrons. The third-order valence-electron chi connectivity index (χ3n) is 4.18. The average molecular weight is 487 g/mol. The van der Waals surface area contributed by atoms with E-state index in [9.17, 15) is 14.4 Å². The lowest BCUT2D eigenvalue weighted by Gasteiger charge is -2.01. The summed E-state index contributed by atoms with van der Waals surface area (Å²) in [4.78, 5) is 32.4. The topological polar surface area (TPSA) is 91.4 Å². The number of rotatable bonds is 11. The number of carbonyl (C=O) groups is 3. The third-order valence-corrected chi connectivity index (χ3v) is 4.18. The van der Waals surface area contributed by atoms with Gasteiger partial charge in [0.05, 0.1) is 20.3 Å². The molecule has 7 heteroatoms. The molecular formula is C28H38O7. The minimum absolute atomic E-state index is 0.142. The van der Waals surface area contributed by atoms with E-state index < -0.39 is 0 Å². The Hall–Kier alpha value is -3.45. The molecule has 0 amide bonds. The van der Waals surface area contributed by atoms with Crippen LogP contribution in [0.5, 0.6) is 0 Å². The lowest BCUT2D eigenvalue weighted by molar-refractivity contribution is -0.140. The highest BCUT2D eigenvalue weighted by atomic mass is 16.6. The first-order valence-electron chi connectivity index (χ1n) is 11.4. The summed E-state index contributed by atoms with van der Waals surface area (Å²) < 4.78 is 18.9. The molecular weight excluding hydrogens is 448 g/mol. The lowest BCUT2D eigenvalue weighted by Crippen LogP contribution is -2.09. The molecule has 7 nitrogen and oxygen atoms in total. The second-order valence-corrected chi connectivity index (χ2v) is 7.72. The maximum Gasteiger partial charge on any atom is 0.333 e. The number of unbranched alkanes of at least 4 members (excludes halogenated alkanes) is 1. The summed E-state index contributed by atoms with van der Waals surface area (Å²) in [6.07, 6.45) is 6.48. The fourth-order valence-electron chi connectivity index (χ4n) is 2.02. The number of carbonyl (C=O) groups excluding carboxylic acids is 3. The van der Waals surface area contributed by atoms with Crippen molar-refractivity contribution in [1.29, 1.82) is 0 Å². The quantitative estimate of drug-likeness (QED) is 0.139. The van der Waals surface area contributed by atoms with Crippen LogP contribution in [0.1, 0.15) is 45.6 Å². The first kappa shape index (κ1) is 31.6. The monoisotopic (exact) mass is 486 g/mol. The van der Waals surface area contributed by atoms with E-state index >= 15 is 0 Å². The molecule has 1 aromatic carbocycles. The molecule has 0 aliphatic carbocycles. The summed E-state index contributed by atoms with van der Waals surface area (Å²) in [6.45, 7) is 17.4. The Labute approximate surface area is 209 Å². The van der Waals surface area contributed by atoms with Crippen molar-refractivity contribution < 1.29 is 33.3 Å². The van der Waals surface area contributed by atoms with Crippen molar-refractivity contribution in [3.63, 3.8) is 0 Å². The highest BCUT2D eigenvalue weighted by molar-refractivity contribution is 5.88. The summed E-state index contributed by atoms with van der Waals surface area (Å²) >= 11 is 0. The van der Waals surface area contributed by atoms with Crippen molar-refractivity contribution >= 4 is 24.0 Å². The Kier molecular flexibility index (Phi) is 17.1. The summed E-state index contributed by atoms with van der Waals surface area (Å²) in [5.41, 5.74) is 2.47. The van der Waals surface area contributed by atoms with Crippen molar-refractivity contribution in [2.24, 2.45) is 0 Å². The van der Waals surface area contributed by atoms with Crippen molar-refractivity contribution in [2.75, 3.05) is 26.9 Å². The molecule has 0 saturated carbocycles. The predicted octanol–water partition coefficient (Wildman–Crippen LogP) is 5.23. The van der Waals surface area contributed by atoms with Crippen LogP contribution < -0.4 is 0 Å². The van der Waals surface area contributed by atoms with E-state index in [0.717, 1.165) is 18.4 Å². The van der Waals surface area contributed by atoms with Gasteiger partial charge in [0.25, 0.3) is 0 Å². The van der Waals surface area contributed by atoms with Gasteiger partial charge < -0.3 is 18.9 Å². The minimum atomic E-state index is -0.354. The molecule has 1 aliphatic heterocycles. The van der Waals surface area contributed by atoms with Gasteiger partial charge in [0.1, 0.15) is 12.7 Å². The van der Waals surface area contributed by atoms with Crippen LogP contribution in [-0.2, 0) is 33.3 Å². The molecule has 35 heavy (non-hydrogen) atoms. The zero-order valence-corrected chi connectivity index (χ0v) is 21.3. The van der Waals surface area contributed by atoms with Gasteiger partial charge in [0, 0.05) is 16.7 Å². The van der Waals surface area contributed by atoms with Crippen molar-refractivity contribution in [1.82, 2.24) is 0 Å². The second-order valence-electron chi connectivity index (χ2n) is 7.72. The molecule has 1 fully saturated rings. The van der Waals surface area contributed by atoms with Gasteiger partial charge in [-0.1, -0.05) is 75.6 Å². The molecule has 2 rings (SSSR count). The largest absolute Gasteiger partial charge is 0.466 e. The van der Waals surface area contributed by atoms with Crippen molar-refractivity contribution in [3.05, 3.63) is 78.4 Å². The van der Waals surface area contributed by atoms with Gasteiger partial charge >= 0.3 is 17.9 Å². The number of ether oxygens (including phenoxy) is 4. The van der Waals surface area contributed by atoms with E-state index in [2.05, 4.69) is 31.4 Å². The Balaban J connectivity index is 0.000000513. The second kappa shape index (κ2) is 18.9. The molecule has 0 radical (unpaired) electrons. The smallest absolute Gasteiger partial charge is 0.333 e. The fourth-order valence-corrected chi connectivity index (χ4v) is 2.02. The fraction of sp³-hybridized carbons (Fsp3) is 0.393. The summed E-state index contributed by atoms with van der Waals surface area (Å²) in [5, 5.41) is 0. The number of methoxy groups -OCH3 is 1. The number of esters is 3. The van der Waals surface area contributed by atoms with E-state index in [-0.39, 0.29) is 24.0 Å². The normalized spacial score (nSPS) is 13.2. The van der Waals surface area contributed by atoms with E-state index in [4.69, 9.17) is 14.2 Å². The zero-order valence-electron chi connectivity index (χ0n) is 21.3. The number of epoxide rings is 1. The molecule has 1 aliphatic rings. The van der Waals surface area contributed by atoms with Crippen LogP contribution in [0, 0.1) is 0 Å². The van der Waals surface area contributed by atoms with Gasteiger partial charge in [-0.25, -0.2) is 14.4 Å². The number of benzene rings is 1. The van der Waals surface area contributed by atoms with Gasteiger partial charge in [0.15, 0.2) is 0 Å². The molecule has 0 spiro atoms. The Morgan fingerprint density at radius 2 is 1.57 bits per heavy atom. The van der Waals surface area contributed by atoms with Gasteiger partial charge in [-0.2, -0.15) is 0 Å². The molecule has 0 aromatic heterocycles. The zero-order chi connectivity index (χ0) is 26.6. The predicted molar refractivity (Wildman–Crippen MR) is 137 cm³/mol. The molecule has 1 aromatic rings. The highest BCUT2D eigenvalue weighted by Crippen LogP contribution is 2.09. The molecule has 1 heterocycles. The third kappa shape index (κ3) is 17.7. The first-order valence-corrected chi connectivity index (χ1v) is 11.4. The van der Waals surface area contributed by atoms with Gasteiger partial charge in [-0.15, -0.1) is 0 Å². The summed E-state index contributed by atoms with van der Waals surface area (Å²) in [5.74, 6) is -0.975. The average Bonchev–Trinajstić information content (AvgIpc) is 3.68. The summed E-state index contributed by atoms with van der Waals surface area (Å²) in [6, 6.07) is 9.89. The summed E-state index contributed by atoms with van der Waals surface area (Å²) in [7, 11) is 1.36. The highest BCUT2D eigenvalue weighted by Gasteiger charge is 2.24. The molecule has 1 atom stereocenters. The number of hydrogen-bond acceptors (Lipinski definition) is 7.